The highest BCUT2D eigenvalue weighted by atomic mass is 19.4. The van der Waals surface area contributed by atoms with Crippen LogP contribution in [-0.2, 0) is 4.79 Å². The molecule has 0 aromatic rings. The zero-order valence-corrected chi connectivity index (χ0v) is 6.66. The number of hydrogen-bond donors (Lipinski definition) is 1. The third-order valence-electron chi connectivity index (χ3n) is 2.17. The van der Waals surface area contributed by atoms with Crippen LogP contribution in [0.25, 0.3) is 0 Å². The Morgan fingerprint density at radius 3 is 2.25 bits per heavy atom. The van der Waals surface area contributed by atoms with Crippen molar-refractivity contribution in [3.05, 3.63) is 0 Å². The molecule has 0 atom stereocenters. The minimum absolute atomic E-state index is 0.549. The molecule has 1 rings (SSSR count). The van der Waals surface area contributed by atoms with Gasteiger partial charge in [-0.2, -0.15) is 13.2 Å². The fourth-order valence-electron chi connectivity index (χ4n) is 1.03. The Morgan fingerprint density at radius 2 is 2.00 bits per heavy atom. The Bertz CT molecular complexity index is 195. The molecule has 1 aliphatic carbocycles. The molecule has 0 heterocycles. The van der Waals surface area contributed by atoms with Gasteiger partial charge >= 0.3 is 12.1 Å². The van der Waals surface area contributed by atoms with Crippen LogP contribution in [0.1, 0.15) is 26.2 Å². The molecule has 0 aromatic carbocycles. The maximum absolute atomic E-state index is 11.7. The average molecular weight is 181 g/mol. The van der Waals surface area contributed by atoms with E-state index in [1.807, 2.05) is 5.32 Å². The molecule has 0 bridgehead atoms. The van der Waals surface area contributed by atoms with Gasteiger partial charge in [0, 0.05) is 5.54 Å². The van der Waals surface area contributed by atoms with Crippen LogP contribution in [0.2, 0.25) is 0 Å². The summed E-state index contributed by atoms with van der Waals surface area (Å²) >= 11 is 0. The fourth-order valence-corrected chi connectivity index (χ4v) is 1.03. The Balaban J connectivity index is 2.47. The van der Waals surface area contributed by atoms with Gasteiger partial charge in [0.1, 0.15) is 0 Å². The van der Waals surface area contributed by atoms with Crippen molar-refractivity contribution >= 4 is 5.91 Å². The lowest BCUT2D eigenvalue weighted by molar-refractivity contribution is -0.174. The molecule has 1 fully saturated rings. The lowest BCUT2D eigenvalue weighted by Crippen LogP contribution is -2.44. The van der Waals surface area contributed by atoms with Crippen LogP contribution in [0.3, 0.4) is 0 Å². The van der Waals surface area contributed by atoms with Crippen molar-refractivity contribution in [3.63, 3.8) is 0 Å². The summed E-state index contributed by atoms with van der Waals surface area (Å²) in [6.07, 6.45) is -2.86. The van der Waals surface area contributed by atoms with Crippen molar-refractivity contribution in [2.45, 2.75) is 37.9 Å². The van der Waals surface area contributed by atoms with E-state index in [0.29, 0.717) is 19.3 Å². The van der Waals surface area contributed by atoms with Gasteiger partial charge in [-0.25, -0.2) is 0 Å². The van der Waals surface area contributed by atoms with Gasteiger partial charge in [-0.1, -0.05) is 6.92 Å². The molecule has 70 valence electrons. The number of carbonyl (C=O) groups excluding carboxylic acids is 1. The highest BCUT2D eigenvalue weighted by Crippen LogP contribution is 2.39. The van der Waals surface area contributed by atoms with Crippen molar-refractivity contribution < 1.29 is 18.0 Å². The van der Waals surface area contributed by atoms with E-state index in [-0.39, 0.29) is 0 Å². The first-order valence-corrected chi connectivity index (χ1v) is 3.79. The summed E-state index contributed by atoms with van der Waals surface area (Å²) in [7, 11) is 0. The van der Waals surface area contributed by atoms with Gasteiger partial charge in [0.05, 0.1) is 0 Å². The molecule has 12 heavy (non-hydrogen) atoms. The number of rotatable bonds is 2. The van der Waals surface area contributed by atoms with E-state index in [2.05, 4.69) is 0 Å². The predicted octanol–water partition coefficient (Wildman–Crippen LogP) is 1.61. The molecule has 1 saturated carbocycles. The van der Waals surface area contributed by atoms with Crippen molar-refractivity contribution in [2.75, 3.05) is 0 Å². The Labute approximate surface area is 68.1 Å². The summed E-state index contributed by atoms with van der Waals surface area (Å²) < 4.78 is 35.2. The molecule has 1 amide bonds. The summed E-state index contributed by atoms with van der Waals surface area (Å²) in [6, 6.07) is 0. The Kier molecular flexibility index (Phi) is 2.06. The molecular weight excluding hydrogens is 171 g/mol. The predicted molar refractivity (Wildman–Crippen MR) is 36.5 cm³/mol. The van der Waals surface area contributed by atoms with E-state index in [0.717, 1.165) is 0 Å². The van der Waals surface area contributed by atoms with Gasteiger partial charge in [-0.3, -0.25) is 4.79 Å². The van der Waals surface area contributed by atoms with Crippen molar-refractivity contribution in [2.24, 2.45) is 0 Å². The van der Waals surface area contributed by atoms with E-state index in [9.17, 15) is 18.0 Å². The maximum atomic E-state index is 11.7. The first-order chi connectivity index (χ1) is 5.40. The molecule has 5 heteroatoms. The Hall–Kier alpha value is -0.740. The summed E-state index contributed by atoms with van der Waals surface area (Å²) in [6.45, 7) is 1.77. The molecule has 1 aliphatic rings. The Morgan fingerprint density at radius 1 is 1.50 bits per heavy atom. The van der Waals surface area contributed by atoms with Gasteiger partial charge in [0.15, 0.2) is 0 Å². The molecule has 0 spiro atoms. The minimum atomic E-state index is -4.75. The van der Waals surface area contributed by atoms with Gasteiger partial charge in [0.25, 0.3) is 0 Å². The third-order valence-corrected chi connectivity index (χ3v) is 2.17. The van der Waals surface area contributed by atoms with Crippen molar-refractivity contribution in [1.82, 2.24) is 5.32 Å². The minimum Gasteiger partial charge on any atom is -0.343 e. The van der Waals surface area contributed by atoms with E-state index in [1.54, 1.807) is 6.92 Å². The van der Waals surface area contributed by atoms with Crippen LogP contribution in [0, 0.1) is 0 Å². The molecule has 0 saturated heterocycles. The van der Waals surface area contributed by atoms with Crippen LogP contribution < -0.4 is 5.32 Å². The van der Waals surface area contributed by atoms with Crippen LogP contribution in [0.4, 0.5) is 13.2 Å². The monoisotopic (exact) mass is 181 g/mol. The number of alkyl halides is 3. The van der Waals surface area contributed by atoms with Crippen LogP contribution >= 0.6 is 0 Å². The number of hydrogen-bond acceptors (Lipinski definition) is 1. The largest absolute Gasteiger partial charge is 0.471 e. The smallest absolute Gasteiger partial charge is 0.343 e. The first kappa shape index (κ1) is 9.35. The number of amides is 1. The molecule has 0 aromatic heterocycles. The quantitative estimate of drug-likeness (QED) is 0.688. The highest BCUT2D eigenvalue weighted by molar-refractivity contribution is 5.82. The third kappa shape index (κ3) is 1.89. The van der Waals surface area contributed by atoms with Crippen molar-refractivity contribution in [3.8, 4) is 0 Å². The molecular formula is C7H10F3NO. The zero-order chi connectivity index (χ0) is 9.41. The van der Waals surface area contributed by atoms with Crippen LogP contribution in [-0.4, -0.2) is 17.6 Å². The summed E-state index contributed by atoms with van der Waals surface area (Å²) in [5.74, 6) is -1.82. The highest BCUT2D eigenvalue weighted by Gasteiger charge is 2.48. The van der Waals surface area contributed by atoms with Crippen LogP contribution in [0.5, 0.6) is 0 Å². The summed E-state index contributed by atoms with van der Waals surface area (Å²) in [4.78, 5) is 10.4. The number of carbonyl (C=O) groups is 1. The normalized spacial score (nSPS) is 20.3. The average Bonchev–Trinajstić information content (AvgIpc) is 2.67. The van der Waals surface area contributed by atoms with Gasteiger partial charge < -0.3 is 5.32 Å². The topological polar surface area (TPSA) is 29.1 Å². The van der Waals surface area contributed by atoms with E-state index in [4.69, 9.17) is 0 Å². The standard InChI is InChI=1S/C7H10F3NO/c1-2-6(3-4-6)11-5(12)7(8,9)10/h2-4H2,1H3,(H,11,12). The number of nitrogens with one attached hydrogen (secondary N) is 1. The van der Waals surface area contributed by atoms with E-state index in [1.165, 1.54) is 0 Å². The second-order valence-electron chi connectivity index (χ2n) is 3.09. The molecule has 1 N–H and O–H groups in total. The fraction of sp³-hybridized carbons (Fsp3) is 0.857. The van der Waals surface area contributed by atoms with Gasteiger partial charge in [-0.05, 0) is 19.3 Å². The van der Waals surface area contributed by atoms with Crippen molar-refractivity contribution in [1.29, 1.82) is 0 Å². The van der Waals surface area contributed by atoms with E-state index < -0.39 is 17.6 Å². The number of halogens is 3. The molecule has 0 aliphatic heterocycles. The molecule has 2 nitrogen and oxygen atoms in total. The second kappa shape index (κ2) is 2.64. The van der Waals surface area contributed by atoms with Gasteiger partial charge in [0.2, 0.25) is 0 Å². The maximum Gasteiger partial charge on any atom is 0.471 e. The zero-order valence-electron chi connectivity index (χ0n) is 6.66. The SMILES string of the molecule is CCC1(NC(=O)C(F)(F)F)CC1. The van der Waals surface area contributed by atoms with Crippen LogP contribution in [0.15, 0.2) is 0 Å². The van der Waals surface area contributed by atoms with E-state index >= 15 is 0 Å². The molecule has 0 unspecified atom stereocenters. The lowest BCUT2D eigenvalue weighted by atomic mass is 10.2. The first-order valence-electron chi connectivity index (χ1n) is 3.79. The van der Waals surface area contributed by atoms with Gasteiger partial charge in [-0.15, -0.1) is 0 Å². The summed E-state index contributed by atoms with van der Waals surface area (Å²) in [5.41, 5.74) is -0.549. The summed E-state index contributed by atoms with van der Waals surface area (Å²) in [5, 5.41) is 1.99. The second-order valence-corrected chi connectivity index (χ2v) is 3.09. The lowest BCUT2D eigenvalue weighted by Gasteiger charge is -2.15. The molecule has 0 radical (unpaired) electrons.